The summed E-state index contributed by atoms with van der Waals surface area (Å²) < 4.78 is 17.5. The molecule has 0 saturated heterocycles. The molecule has 174 valence electrons. The SMILES string of the molecule is CCOc1ccc(-c2coc3c(C)c(OCC)c(/C(C)=C/C(=O)Nc4ccccn4)cc23)cc1. The molecule has 0 aliphatic carbocycles. The van der Waals surface area contributed by atoms with Crippen molar-refractivity contribution in [2.24, 2.45) is 0 Å². The third kappa shape index (κ3) is 4.81. The van der Waals surface area contributed by atoms with Gasteiger partial charge in [0, 0.05) is 34.3 Å². The fourth-order valence-corrected chi connectivity index (χ4v) is 3.93. The van der Waals surface area contributed by atoms with Gasteiger partial charge in [-0.1, -0.05) is 18.2 Å². The monoisotopic (exact) mass is 456 g/mol. The zero-order valence-electron chi connectivity index (χ0n) is 19.8. The number of ether oxygens (including phenoxy) is 2. The molecule has 34 heavy (non-hydrogen) atoms. The number of allylic oxidation sites excluding steroid dienone is 1. The quantitative estimate of drug-likeness (QED) is 0.301. The van der Waals surface area contributed by atoms with Crippen LogP contribution in [0.25, 0.3) is 27.7 Å². The second-order valence-electron chi connectivity index (χ2n) is 7.83. The highest BCUT2D eigenvalue weighted by Crippen LogP contribution is 2.41. The number of aryl methyl sites for hydroxylation is 1. The molecule has 1 amide bonds. The van der Waals surface area contributed by atoms with Gasteiger partial charge in [-0.2, -0.15) is 0 Å². The van der Waals surface area contributed by atoms with Crippen LogP contribution in [0, 0.1) is 6.92 Å². The molecule has 6 heteroatoms. The topological polar surface area (TPSA) is 73.6 Å². The maximum Gasteiger partial charge on any atom is 0.249 e. The van der Waals surface area contributed by atoms with E-state index < -0.39 is 0 Å². The van der Waals surface area contributed by atoms with Crippen molar-refractivity contribution in [1.82, 2.24) is 4.98 Å². The Morgan fingerprint density at radius 3 is 2.53 bits per heavy atom. The molecule has 2 aromatic heterocycles. The van der Waals surface area contributed by atoms with Crippen molar-refractivity contribution in [2.75, 3.05) is 18.5 Å². The number of hydrogen-bond donors (Lipinski definition) is 1. The van der Waals surface area contributed by atoms with Crippen LogP contribution in [-0.4, -0.2) is 24.1 Å². The zero-order valence-corrected chi connectivity index (χ0v) is 19.8. The number of fused-ring (bicyclic) bond motifs is 1. The lowest BCUT2D eigenvalue weighted by atomic mass is 9.96. The number of carbonyl (C=O) groups excluding carboxylic acids is 1. The molecule has 0 unspecified atom stereocenters. The molecule has 0 aliphatic rings. The second kappa shape index (κ2) is 10.3. The molecular weight excluding hydrogens is 428 g/mol. The van der Waals surface area contributed by atoms with Crippen LogP contribution in [0.15, 0.2) is 71.5 Å². The first-order valence-electron chi connectivity index (χ1n) is 11.3. The first kappa shape index (κ1) is 23.1. The largest absolute Gasteiger partial charge is 0.494 e. The van der Waals surface area contributed by atoms with Gasteiger partial charge in [-0.15, -0.1) is 0 Å². The molecule has 0 radical (unpaired) electrons. The number of furan rings is 1. The highest BCUT2D eigenvalue weighted by Gasteiger charge is 2.19. The zero-order chi connectivity index (χ0) is 24.1. The number of pyridine rings is 1. The highest BCUT2D eigenvalue weighted by atomic mass is 16.5. The molecule has 1 N–H and O–H groups in total. The van der Waals surface area contributed by atoms with Gasteiger partial charge >= 0.3 is 0 Å². The number of nitrogens with zero attached hydrogens (tertiary/aromatic N) is 1. The van der Waals surface area contributed by atoms with E-state index >= 15 is 0 Å². The number of aromatic nitrogens is 1. The molecule has 0 atom stereocenters. The first-order chi connectivity index (χ1) is 16.5. The van der Waals surface area contributed by atoms with Crippen molar-refractivity contribution < 1.29 is 18.7 Å². The van der Waals surface area contributed by atoms with Crippen LogP contribution in [0.1, 0.15) is 31.9 Å². The number of anilines is 1. The Morgan fingerprint density at radius 2 is 1.85 bits per heavy atom. The highest BCUT2D eigenvalue weighted by molar-refractivity contribution is 6.05. The summed E-state index contributed by atoms with van der Waals surface area (Å²) in [6, 6.07) is 15.3. The smallest absolute Gasteiger partial charge is 0.249 e. The van der Waals surface area contributed by atoms with Crippen LogP contribution in [0.4, 0.5) is 5.82 Å². The lowest BCUT2D eigenvalue weighted by Crippen LogP contribution is -2.10. The van der Waals surface area contributed by atoms with Crippen LogP contribution < -0.4 is 14.8 Å². The number of amides is 1. The molecule has 2 aromatic carbocycles. The van der Waals surface area contributed by atoms with E-state index in [-0.39, 0.29) is 5.91 Å². The average Bonchev–Trinajstić information content (AvgIpc) is 3.26. The normalized spacial score (nSPS) is 11.5. The third-order valence-electron chi connectivity index (χ3n) is 5.50. The van der Waals surface area contributed by atoms with Crippen molar-refractivity contribution in [3.63, 3.8) is 0 Å². The summed E-state index contributed by atoms with van der Waals surface area (Å²) in [7, 11) is 0. The van der Waals surface area contributed by atoms with Gasteiger partial charge in [0.05, 0.1) is 19.5 Å². The van der Waals surface area contributed by atoms with Crippen molar-refractivity contribution in [3.05, 3.63) is 78.2 Å². The molecule has 4 rings (SSSR count). The minimum Gasteiger partial charge on any atom is -0.494 e. The Morgan fingerprint density at radius 1 is 1.09 bits per heavy atom. The summed E-state index contributed by atoms with van der Waals surface area (Å²) in [6.07, 6.45) is 4.96. The van der Waals surface area contributed by atoms with E-state index in [9.17, 15) is 4.79 Å². The molecule has 6 nitrogen and oxygen atoms in total. The van der Waals surface area contributed by atoms with E-state index in [2.05, 4.69) is 10.3 Å². The molecule has 2 heterocycles. The molecule has 0 fully saturated rings. The van der Waals surface area contributed by atoms with Gasteiger partial charge < -0.3 is 19.2 Å². The van der Waals surface area contributed by atoms with Crippen molar-refractivity contribution >= 4 is 28.3 Å². The van der Waals surface area contributed by atoms with Gasteiger partial charge in [0.25, 0.3) is 0 Å². The maximum atomic E-state index is 12.6. The predicted molar refractivity (Wildman–Crippen MR) is 135 cm³/mol. The maximum absolute atomic E-state index is 12.6. The van der Waals surface area contributed by atoms with E-state index in [4.69, 9.17) is 13.9 Å². The summed E-state index contributed by atoms with van der Waals surface area (Å²) in [5.41, 5.74) is 5.27. The molecule has 0 aliphatic heterocycles. The predicted octanol–water partition coefficient (Wildman–Crippen LogP) is 6.64. The summed E-state index contributed by atoms with van der Waals surface area (Å²) in [4.78, 5) is 16.8. The number of benzene rings is 2. The van der Waals surface area contributed by atoms with E-state index in [1.54, 1.807) is 30.7 Å². The van der Waals surface area contributed by atoms with Crippen LogP contribution in [0.2, 0.25) is 0 Å². The Balaban J connectivity index is 1.76. The van der Waals surface area contributed by atoms with Crippen LogP contribution >= 0.6 is 0 Å². The summed E-state index contributed by atoms with van der Waals surface area (Å²) in [5, 5.41) is 3.75. The number of nitrogens with one attached hydrogen (secondary N) is 1. The Hall–Kier alpha value is -4.06. The number of hydrogen-bond acceptors (Lipinski definition) is 5. The minimum absolute atomic E-state index is 0.254. The van der Waals surface area contributed by atoms with Gasteiger partial charge in [0.1, 0.15) is 22.9 Å². The van der Waals surface area contributed by atoms with Crippen LogP contribution in [0.3, 0.4) is 0 Å². The minimum atomic E-state index is -0.254. The van der Waals surface area contributed by atoms with Gasteiger partial charge in [0.15, 0.2) is 0 Å². The number of carbonyl (C=O) groups is 1. The lowest BCUT2D eigenvalue weighted by Gasteiger charge is -2.15. The van der Waals surface area contributed by atoms with Crippen LogP contribution in [0.5, 0.6) is 11.5 Å². The molecule has 0 saturated carbocycles. The van der Waals surface area contributed by atoms with Gasteiger partial charge in [0.2, 0.25) is 5.91 Å². The van der Waals surface area contributed by atoms with E-state index in [0.717, 1.165) is 44.5 Å². The Labute approximate surface area is 199 Å². The van der Waals surface area contributed by atoms with E-state index in [1.807, 2.05) is 64.1 Å². The Bertz CT molecular complexity index is 1320. The lowest BCUT2D eigenvalue weighted by molar-refractivity contribution is -0.111. The van der Waals surface area contributed by atoms with E-state index in [0.29, 0.717) is 24.8 Å². The van der Waals surface area contributed by atoms with Crippen molar-refractivity contribution in [1.29, 1.82) is 0 Å². The van der Waals surface area contributed by atoms with Crippen molar-refractivity contribution in [2.45, 2.75) is 27.7 Å². The standard InChI is InChI=1S/C28H28N2O4/c1-5-32-21-12-10-20(11-13-21)24-17-34-28-19(4)27(33-6-2)22(16-23(24)28)18(3)15-26(31)30-25-9-7-8-14-29-25/h7-17H,5-6H2,1-4H3,(H,29,30,31)/b18-15+. The third-order valence-corrected chi connectivity index (χ3v) is 5.50. The first-order valence-corrected chi connectivity index (χ1v) is 11.3. The summed E-state index contributed by atoms with van der Waals surface area (Å²) >= 11 is 0. The molecule has 4 aromatic rings. The van der Waals surface area contributed by atoms with E-state index in [1.165, 1.54) is 0 Å². The van der Waals surface area contributed by atoms with Crippen molar-refractivity contribution in [3.8, 4) is 22.6 Å². The molecule has 0 bridgehead atoms. The fraction of sp³-hybridized carbons (Fsp3) is 0.214. The Kier molecular flexibility index (Phi) is 6.97. The van der Waals surface area contributed by atoms with Gasteiger partial charge in [-0.05, 0) is 69.2 Å². The average molecular weight is 457 g/mol. The van der Waals surface area contributed by atoms with Gasteiger partial charge in [-0.25, -0.2) is 4.98 Å². The molecule has 0 spiro atoms. The van der Waals surface area contributed by atoms with Gasteiger partial charge in [-0.3, -0.25) is 4.79 Å². The summed E-state index contributed by atoms with van der Waals surface area (Å²) in [5.74, 6) is 1.78. The second-order valence-corrected chi connectivity index (χ2v) is 7.83. The molecular formula is C28H28N2O4. The fourth-order valence-electron chi connectivity index (χ4n) is 3.93. The number of rotatable bonds is 8. The van der Waals surface area contributed by atoms with Crippen LogP contribution in [-0.2, 0) is 4.79 Å². The summed E-state index contributed by atoms with van der Waals surface area (Å²) in [6.45, 7) is 8.90.